The summed E-state index contributed by atoms with van der Waals surface area (Å²) in [4.78, 5) is 31.8. The maximum absolute atomic E-state index is 12.6. The minimum atomic E-state index is -0.488. The molecule has 0 unspecified atom stereocenters. The van der Waals surface area contributed by atoms with Crippen LogP contribution in [0, 0.1) is 5.41 Å². The molecule has 1 aromatic carbocycles. The van der Waals surface area contributed by atoms with Crippen molar-refractivity contribution in [3.63, 3.8) is 0 Å². The van der Waals surface area contributed by atoms with Gasteiger partial charge in [-0.25, -0.2) is 9.79 Å². The van der Waals surface area contributed by atoms with Crippen molar-refractivity contribution >= 4 is 34.5 Å². The largest absolute Gasteiger partial charge is 0.466 e. The van der Waals surface area contributed by atoms with Gasteiger partial charge in [-0.05, 0) is 31.0 Å². The smallest absolute Gasteiger partial charge is 0.338 e. The Bertz CT molecular complexity index is 855. The zero-order valence-electron chi connectivity index (χ0n) is 17.0. The van der Waals surface area contributed by atoms with Gasteiger partial charge in [0, 0.05) is 23.4 Å². The number of hydrogen-bond acceptors (Lipinski definition) is 6. The summed E-state index contributed by atoms with van der Waals surface area (Å²) in [5.41, 5.74) is 2.39. The first kappa shape index (κ1) is 20.5. The van der Waals surface area contributed by atoms with Crippen molar-refractivity contribution in [3.05, 3.63) is 41.1 Å². The zero-order chi connectivity index (χ0) is 20.5. The molecule has 0 saturated carbocycles. The van der Waals surface area contributed by atoms with E-state index in [0.29, 0.717) is 17.0 Å². The van der Waals surface area contributed by atoms with E-state index in [0.717, 1.165) is 29.4 Å². The highest BCUT2D eigenvalue weighted by Crippen LogP contribution is 2.40. The number of hydrogen-bond donors (Lipinski definition) is 1. The second-order valence-corrected chi connectivity index (χ2v) is 9.07. The number of esters is 1. The highest BCUT2D eigenvalue weighted by atomic mass is 32.2. The van der Waals surface area contributed by atoms with Crippen molar-refractivity contribution in [2.24, 2.45) is 10.4 Å². The average molecular weight is 402 g/mol. The number of anilines is 1. The molecule has 0 bridgehead atoms. The van der Waals surface area contributed by atoms with E-state index in [1.807, 2.05) is 52.0 Å². The number of fused-ring (bicyclic) bond motifs is 1. The van der Waals surface area contributed by atoms with Gasteiger partial charge in [0.2, 0.25) is 5.91 Å². The van der Waals surface area contributed by atoms with Crippen LogP contribution in [0.2, 0.25) is 0 Å². The zero-order valence-corrected chi connectivity index (χ0v) is 17.9. The van der Waals surface area contributed by atoms with Gasteiger partial charge in [0.1, 0.15) is 0 Å². The maximum atomic E-state index is 12.6. The Hall–Kier alpha value is -2.28. The third-order valence-corrected chi connectivity index (χ3v) is 5.88. The van der Waals surface area contributed by atoms with Gasteiger partial charge in [-0.15, -0.1) is 0 Å². The lowest BCUT2D eigenvalue weighted by Gasteiger charge is -2.40. The standard InChI is InChI=1S/C21H27N3O3S/c1-13-16(18(25)27-5)17(24-10-7-11-28-20(24)22-13)14-8-6-9-15(12-14)23-19(26)21(2,3)4/h6,8-9,12,17H,7,10-11H2,1-5H3,(H,23,26)/t17-/m0/s1. The molecule has 2 aliphatic rings. The number of nitrogens with zero attached hydrogens (tertiary/aromatic N) is 2. The van der Waals surface area contributed by atoms with Crippen LogP contribution in [-0.2, 0) is 14.3 Å². The van der Waals surface area contributed by atoms with Crippen LogP contribution in [0.1, 0.15) is 45.7 Å². The van der Waals surface area contributed by atoms with E-state index in [-0.39, 0.29) is 17.9 Å². The van der Waals surface area contributed by atoms with E-state index in [9.17, 15) is 9.59 Å². The SMILES string of the molecule is COC(=O)C1=C(C)N=C2SCCCN2[C@H]1c1cccc(NC(=O)C(C)(C)C)c1. The lowest BCUT2D eigenvalue weighted by Crippen LogP contribution is -2.42. The number of nitrogens with one attached hydrogen (secondary N) is 1. The van der Waals surface area contributed by atoms with Crippen LogP contribution in [0.3, 0.4) is 0 Å². The van der Waals surface area contributed by atoms with E-state index < -0.39 is 5.41 Å². The van der Waals surface area contributed by atoms with Crippen LogP contribution in [-0.4, -0.2) is 41.4 Å². The minimum Gasteiger partial charge on any atom is -0.466 e. The van der Waals surface area contributed by atoms with Crippen molar-refractivity contribution in [2.45, 2.75) is 40.2 Å². The summed E-state index contributed by atoms with van der Waals surface area (Å²) < 4.78 is 5.06. The second kappa shape index (κ2) is 7.99. The highest BCUT2D eigenvalue weighted by molar-refractivity contribution is 8.13. The number of carbonyl (C=O) groups is 2. The summed E-state index contributed by atoms with van der Waals surface area (Å²) in [6, 6.07) is 7.41. The first-order valence-electron chi connectivity index (χ1n) is 9.41. The van der Waals surface area contributed by atoms with Gasteiger partial charge in [-0.1, -0.05) is 44.7 Å². The highest BCUT2D eigenvalue weighted by Gasteiger charge is 2.37. The molecule has 3 rings (SSSR count). The molecule has 1 fully saturated rings. The molecule has 1 N–H and O–H groups in total. The molecule has 2 aliphatic heterocycles. The maximum Gasteiger partial charge on any atom is 0.338 e. The number of carbonyl (C=O) groups excluding carboxylic acids is 2. The summed E-state index contributed by atoms with van der Waals surface area (Å²) in [6.45, 7) is 8.31. The molecule has 1 atom stereocenters. The molecule has 1 aromatic rings. The molecular weight excluding hydrogens is 374 g/mol. The number of aliphatic imine (C=N–C) groups is 1. The van der Waals surface area contributed by atoms with Crippen LogP contribution >= 0.6 is 11.8 Å². The third-order valence-electron chi connectivity index (χ3n) is 4.81. The number of allylic oxidation sites excluding steroid dienone is 1. The molecule has 7 heteroatoms. The van der Waals surface area contributed by atoms with Crippen molar-refractivity contribution in [2.75, 3.05) is 24.7 Å². The Kier molecular flexibility index (Phi) is 5.84. The monoisotopic (exact) mass is 401 g/mol. The van der Waals surface area contributed by atoms with Crippen molar-refractivity contribution in [3.8, 4) is 0 Å². The van der Waals surface area contributed by atoms with Gasteiger partial charge >= 0.3 is 5.97 Å². The summed E-state index contributed by atoms with van der Waals surface area (Å²) in [7, 11) is 1.39. The van der Waals surface area contributed by atoms with Crippen LogP contribution in [0.25, 0.3) is 0 Å². The van der Waals surface area contributed by atoms with Crippen molar-refractivity contribution in [1.82, 2.24) is 4.90 Å². The number of amidine groups is 1. The number of rotatable bonds is 3. The van der Waals surface area contributed by atoms with E-state index in [2.05, 4.69) is 15.2 Å². The van der Waals surface area contributed by atoms with Crippen molar-refractivity contribution < 1.29 is 14.3 Å². The Morgan fingerprint density at radius 1 is 1.32 bits per heavy atom. The molecular formula is C21H27N3O3S. The summed E-state index contributed by atoms with van der Waals surface area (Å²) in [5, 5.41) is 3.91. The Morgan fingerprint density at radius 3 is 2.75 bits per heavy atom. The van der Waals surface area contributed by atoms with Crippen molar-refractivity contribution in [1.29, 1.82) is 0 Å². The van der Waals surface area contributed by atoms with E-state index in [1.54, 1.807) is 11.8 Å². The predicted octanol–water partition coefficient (Wildman–Crippen LogP) is 3.97. The molecule has 0 aromatic heterocycles. The lowest BCUT2D eigenvalue weighted by molar-refractivity contribution is -0.137. The Morgan fingerprint density at radius 2 is 2.07 bits per heavy atom. The summed E-state index contributed by atoms with van der Waals surface area (Å²) >= 11 is 1.71. The first-order valence-corrected chi connectivity index (χ1v) is 10.4. The second-order valence-electron chi connectivity index (χ2n) is 8.01. The quantitative estimate of drug-likeness (QED) is 0.776. The van der Waals surface area contributed by atoms with Crippen LogP contribution < -0.4 is 5.32 Å². The molecule has 2 heterocycles. The number of benzene rings is 1. The number of ether oxygens (including phenoxy) is 1. The third kappa shape index (κ3) is 4.09. The van der Waals surface area contributed by atoms with E-state index >= 15 is 0 Å². The van der Waals surface area contributed by atoms with Gasteiger partial charge in [0.25, 0.3) is 0 Å². The summed E-state index contributed by atoms with van der Waals surface area (Å²) in [6.07, 6.45) is 1.02. The lowest BCUT2D eigenvalue weighted by atomic mass is 9.93. The minimum absolute atomic E-state index is 0.0519. The fraction of sp³-hybridized carbons (Fsp3) is 0.476. The Labute approximate surface area is 170 Å². The topological polar surface area (TPSA) is 71.0 Å². The fourth-order valence-corrected chi connectivity index (χ4v) is 4.31. The molecule has 0 spiro atoms. The molecule has 6 nitrogen and oxygen atoms in total. The van der Waals surface area contributed by atoms with E-state index in [1.165, 1.54) is 7.11 Å². The average Bonchev–Trinajstić information content (AvgIpc) is 2.65. The van der Waals surface area contributed by atoms with Gasteiger partial charge in [-0.2, -0.15) is 0 Å². The van der Waals surface area contributed by atoms with Crippen LogP contribution in [0.5, 0.6) is 0 Å². The number of amides is 1. The number of thioether (sulfide) groups is 1. The van der Waals surface area contributed by atoms with Gasteiger partial charge in [0.05, 0.1) is 24.4 Å². The Balaban J connectivity index is 2.02. The van der Waals surface area contributed by atoms with Gasteiger partial charge in [0.15, 0.2) is 5.17 Å². The number of methoxy groups -OCH3 is 1. The molecule has 28 heavy (non-hydrogen) atoms. The van der Waals surface area contributed by atoms with Gasteiger partial charge in [-0.3, -0.25) is 4.79 Å². The fourth-order valence-electron chi connectivity index (χ4n) is 3.29. The molecule has 1 saturated heterocycles. The molecule has 0 aliphatic carbocycles. The molecule has 1 amide bonds. The van der Waals surface area contributed by atoms with E-state index in [4.69, 9.17) is 4.74 Å². The summed E-state index contributed by atoms with van der Waals surface area (Å²) in [5.74, 6) is 0.596. The van der Waals surface area contributed by atoms with Gasteiger partial charge < -0.3 is 15.0 Å². The first-order chi connectivity index (χ1) is 13.2. The van der Waals surface area contributed by atoms with Crippen LogP contribution in [0.4, 0.5) is 5.69 Å². The predicted molar refractivity (Wildman–Crippen MR) is 113 cm³/mol. The normalized spacial score (nSPS) is 19.7. The molecule has 0 radical (unpaired) electrons. The molecule has 150 valence electrons. The van der Waals surface area contributed by atoms with Crippen LogP contribution in [0.15, 0.2) is 40.5 Å².